The van der Waals surface area contributed by atoms with E-state index in [9.17, 15) is 4.79 Å². The maximum absolute atomic E-state index is 12.7. The molecule has 2 N–H and O–H groups in total. The first kappa shape index (κ1) is 17.7. The number of piperidine rings is 1. The molecule has 5 heteroatoms. The van der Waals surface area contributed by atoms with Gasteiger partial charge < -0.3 is 10.6 Å². The molecule has 0 unspecified atom stereocenters. The van der Waals surface area contributed by atoms with Gasteiger partial charge in [-0.25, -0.2) is 4.68 Å². The Hall–Kier alpha value is -2.14. The largest absolute Gasteiger partial charge is 0.317 e. The number of aromatic nitrogens is 2. The number of rotatable bonds is 4. The van der Waals surface area contributed by atoms with Gasteiger partial charge in [-0.3, -0.25) is 4.79 Å². The third-order valence-corrected chi connectivity index (χ3v) is 4.68. The second kappa shape index (κ2) is 7.40. The highest BCUT2D eigenvalue weighted by atomic mass is 16.2. The molecule has 0 bridgehead atoms. The van der Waals surface area contributed by atoms with Gasteiger partial charge in [0, 0.05) is 17.4 Å². The van der Waals surface area contributed by atoms with Crippen molar-refractivity contribution in [2.24, 2.45) is 5.92 Å². The van der Waals surface area contributed by atoms with Gasteiger partial charge in [-0.15, -0.1) is 0 Å². The lowest BCUT2D eigenvalue weighted by Gasteiger charge is -2.21. The number of amides is 1. The molecule has 3 rings (SSSR count). The average molecular weight is 340 g/mol. The van der Waals surface area contributed by atoms with E-state index in [1.807, 2.05) is 28.9 Å². The number of hydrogen-bond acceptors (Lipinski definition) is 3. The van der Waals surface area contributed by atoms with Crippen molar-refractivity contribution in [2.75, 3.05) is 18.4 Å². The highest BCUT2D eigenvalue weighted by molar-refractivity contribution is 5.92. The van der Waals surface area contributed by atoms with Crippen LogP contribution in [-0.2, 0) is 16.8 Å². The normalized spacial score (nSPS) is 16.0. The molecular weight excluding hydrogens is 312 g/mol. The topological polar surface area (TPSA) is 59.0 Å². The van der Waals surface area contributed by atoms with E-state index in [1.165, 1.54) is 5.56 Å². The summed E-state index contributed by atoms with van der Waals surface area (Å²) < 4.78 is 1.91. The fourth-order valence-electron chi connectivity index (χ4n) is 3.07. The average Bonchev–Trinajstić information content (AvgIpc) is 2.99. The van der Waals surface area contributed by atoms with Gasteiger partial charge in [0.2, 0.25) is 5.91 Å². The third-order valence-electron chi connectivity index (χ3n) is 4.68. The molecule has 0 atom stereocenters. The van der Waals surface area contributed by atoms with Gasteiger partial charge in [-0.05, 0) is 31.5 Å². The minimum absolute atomic E-state index is 0.0594. The molecule has 2 aromatic rings. The Morgan fingerprint density at radius 1 is 1.24 bits per heavy atom. The first-order chi connectivity index (χ1) is 11.9. The highest BCUT2D eigenvalue weighted by Gasteiger charge is 2.24. The molecule has 1 saturated heterocycles. The van der Waals surface area contributed by atoms with Gasteiger partial charge in [0.25, 0.3) is 0 Å². The van der Waals surface area contributed by atoms with E-state index >= 15 is 0 Å². The third kappa shape index (κ3) is 4.48. The molecular formula is C20H28N4O. The van der Waals surface area contributed by atoms with Crippen LogP contribution in [0.5, 0.6) is 0 Å². The molecule has 2 heterocycles. The van der Waals surface area contributed by atoms with Crippen LogP contribution in [0.4, 0.5) is 5.82 Å². The van der Waals surface area contributed by atoms with Gasteiger partial charge in [0.1, 0.15) is 5.82 Å². The summed E-state index contributed by atoms with van der Waals surface area (Å²) in [6.45, 7) is 8.89. The second-order valence-electron chi connectivity index (χ2n) is 7.82. The summed E-state index contributed by atoms with van der Waals surface area (Å²) in [5.41, 5.74) is 2.10. The van der Waals surface area contributed by atoms with Crippen molar-refractivity contribution >= 4 is 11.7 Å². The zero-order valence-corrected chi connectivity index (χ0v) is 15.4. The minimum atomic E-state index is -0.0594. The zero-order chi connectivity index (χ0) is 17.9. The Morgan fingerprint density at radius 3 is 2.56 bits per heavy atom. The predicted molar refractivity (Wildman–Crippen MR) is 101 cm³/mol. The smallest absolute Gasteiger partial charge is 0.228 e. The van der Waals surface area contributed by atoms with E-state index in [0.29, 0.717) is 6.54 Å². The van der Waals surface area contributed by atoms with Crippen molar-refractivity contribution in [3.63, 3.8) is 0 Å². The van der Waals surface area contributed by atoms with Crippen LogP contribution in [0.25, 0.3) is 0 Å². The molecule has 1 aromatic heterocycles. The van der Waals surface area contributed by atoms with E-state index in [2.05, 4.69) is 43.5 Å². The summed E-state index contributed by atoms with van der Waals surface area (Å²) in [5, 5.41) is 11.2. The summed E-state index contributed by atoms with van der Waals surface area (Å²) in [6.07, 6.45) is 1.79. The SMILES string of the molecule is CC(C)(C)c1cc(NC(=O)C2CCNCC2)n(Cc2ccccc2)n1. The van der Waals surface area contributed by atoms with E-state index in [-0.39, 0.29) is 17.2 Å². The lowest BCUT2D eigenvalue weighted by molar-refractivity contribution is -0.120. The fraction of sp³-hybridized carbons (Fsp3) is 0.500. The van der Waals surface area contributed by atoms with Crippen LogP contribution in [0, 0.1) is 5.92 Å². The van der Waals surface area contributed by atoms with E-state index < -0.39 is 0 Å². The molecule has 1 amide bonds. The van der Waals surface area contributed by atoms with Gasteiger partial charge in [0.15, 0.2) is 0 Å². The molecule has 0 saturated carbocycles. The number of nitrogens with zero attached hydrogens (tertiary/aromatic N) is 2. The Morgan fingerprint density at radius 2 is 1.92 bits per heavy atom. The summed E-state index contributed by atoms with van der Waals surface area (Å²) in [6, 6.07) is 12.2. The number of hydrogen-bond donors (Lipinski definition) is 2. The Balaban J connectivity index is 1.82. The molecule has 1 fully saturated rings. The standard InChI is InChI=1S/C20H28N4O/c1-20(2,3)17-13-18(22-19(25)16-9-11-21-12-10-16)24(23-17)14-15-7-5-4-6-8-15/h4-8,13,16,21H,9-12,14H2,1-3H3,(H,22,25). The monoisotopic (exact) mass is 340 g/mol. The Kier molecular flexibility index (Phi) is 5.23. The molecule has 0 aliphatic carbocycles. The lowest BCUT2D eigenvalue weighted by Crippen LogP contribution is -2.35. The number of nitrogens with one attached hydrogen (secondary N) is 2. The van der Waals surface area contributed by atoms with E-state index in [0.717, 1.165) is 37.4 Å². The first-order valence-corrected chi connectivity index (χ1v) is 9.07. The summed E-state index contributed by atoms with van der Waals surface area (Å²) in [5.74, 6) is 0.980. The quantitative estimate of drug-likeness (QED) is 0.899. The zero-order valence-electron chi connectivity index (χ0n) is 15.4. The number of anilines is 1. The van der Waals surface area contributed by atoms with Crippen LogP contribution in [-0.4, -0.2) is 28.8 Å². The van der Waals surface area contributed by atoms with E-state index in [4.69, 9.17) is 5.10 Å². The van der Waals surface area contributed by atoms with Crippen LogP contribution in [0.15, 0.2) is 36.4 Å². The molecule has 1 aliphatic rings. The molecule has 0 spiro atoms. The number of carbonyl (C=O) groups excluding carboxylic acids is 1. The first-order valence-electron chi connectivity index (χ1n) is 9.07. The maximum atomic E-state index is 12.7. The maximum Gasteiger partial charge on any atom is 0.228 e. The van der Waals surface area contributed by atoms with Crippen molar-refractivity contribution in [1.82, 2.24) is 15.1 Å². The summed E-state index contributed by atoms with van der Waals surface area (Å²) >= 11 is 0. The lowest BCUT2D eigenvalue weighted by atomic mass is 9.92. The van der Waals surface area contributed by atoms with Crippen LogP contribution in [0.2, 0.25) is 0 Å². The molecule has 25 heavy (non-hydrogen) atoms. The summed E-state index contributed by atoms with van der Waals surface area (Å²) in [4.78, 5) is 12.7. The number of carbonyl (C=O) groups is 1. The van der Waals surface area contributed by atoms with Gasteiger partial charge in [0.05, 0.1) is 12.2 Å². The fourth-order valence-corrected chi connectivity index (χ4v) is 3.07. The molecule has 1 aliphatic heterocycles. The van der Waals surface area contributed by atoms with Crippen molar-refractivity contribution in [3.8, 4) is 0 Å². The van der Waals surface area contributed by atoms with Crippen LogP contribution in [0.3, 0.4) is 0 Å². The van der Waals surface area contributed by atoms with Crippen LogP contribution < -0.4 is 10.6 Å². The van der Waals surface area contributed by atoms with Crippen molar-refractivity contribution in [3.05, 3.63) is 47.7 Å². The Labute approximate surface area is 149 Å². The van der Waals surface area contributed by atoms with Crippen LogP contribution in [0.1, 0.15) is 44.9 Å². The molecule has 0 radical (unpaired) electrons. The van der Waals surface area contributed by atoms with E-state index in [1.54, 1.807) is 0 Å². The second-order valence-corrected chi connectivity index (χ2v) is 7.82. The van der Waals surface area contributed by atoms with Crippen LogP contribution >= 0.6 is 0 Å². The molecule has 134 valence electrons. The van der Waals surface area contributed by atoms with Crippen molar-refractivity contribution < 1.29 is 4.79 Å². The highest BCUT2D eigenvalue weighted by Crippen LogP contribution is 2.25. The predicted octanol–water partition coefficient (Wildman–Crippen LogP) is 3.17. The number of benzene rings is 1. The van der Waals surface area contributed by atoms with Crippen molar-refractivity contribution in [1.29, 1.82) is 0 Å². The Bertz CT molecular complexity index is 709. The van der Waals surface area contributed by atoms with Gasteiger partial charge in [-0.2, -0.15) is 5.10 Å². The van der Waals surface area contributed by atoms with Gasteiger partial charge in [-0.1, -0.05) is 51.1 Å². The summed E-state index contributed by atoms with van der Waals surface area (Å²) in [7, 11) is 0. The molecule has 5 nitrogen and oxygen atoms in total. The minimum Gasteiger partial charge on any atom is -0.317 e. The van der Waals surface area contributed by atoms with Crippen molar-refractivity contribution in [2.45, 2.75) is 45.6 Å². The van der Waals surface area contributed by atoms with Gasteiger partial charge >= 0.3 is 0 Å². The molecule has 1 aromatic carbocycles.